The molecule has 0 spiro atoms. The van der Waals surface area contributed by atoms with E-state index in [0.29, 0.717) is 12.6 Å². The Balaban J connectivity index is 1.31. The molecule has 28 heavy (non-hydrogen) atoms. The van der Waals surface area contributed by atoms with Gasteiger partial charge in [0.15, 0.2) is 0 Å². The van der Waals surface area contributed by atoms with Crippen LogP contribution in [0.3, 0.4) is 0 Å². The lowest BCUT2D eigenvalue weighted by molar-refractivity contribution is 0.0117. The van der Waals surface area contributed by atoms with Gasteiger partial charge in [0.25, 0.3) is 5.91 Å². The van der Waals surface area contributed by atoms with E-state index in [1.807, 2.05) is 12.1 Å². The van der Waals surface area contributed by atoms with Crippen molar-refractivity contribution >= 4 is 5.91 Å². The number of likely N-dealkylation sites (tertiary alicyclic amines) is 2. The highest BCUT2D eigenvalue weighted by molar-refractivity contribution is 5.94. The van der Waals surface area contributed by atoms with E-state index >= 15 is 0 Å². The van der Waals surface area contributed by atoms with Crippen molar-refractivity contribution in [1.82, 2.24) is 15.1 Å². The fourth-order valence-corrected chi connectivity index (χ4v) is 4.17. The largest absolute Gasteiger partial charge is 0.378 e. The molecule has 156 valence electrons. The van der Waals surface area contributed by atoms with Gasteiger partial charge in [-0.05, 0) is 89.3 Å². The molecule has 0 atom stereocenters. The number of piperidine rings is 2. The topological polar surface area (TPSA) is 44.8 Å². The second kappa shape index (κ2) is 10.9. The molecule has 1 aromatic rings. The molecule has 2 aliphatic heterocycles. The van der Waals surface area contributed by atoms with Crippen LogP contribution in [-0.4, -0.2) is 75.2 Å². The standard InChI is InChI=1S/C23H37N3O2/c1-25-13-8-20(9-14-25)18-19-4-6-21(7-5-19)23(27)24-12-3-17-28-22-10-15-26(2)16-11-22/h4-7,20,22H,3,8-18H2,1-2H3,(H,24,27). The Morgan fingerprint density at radius 2 is 1.61 bits per heavy atom. The van der Waals surface area contributed by atoms with Gasteiger partial charge in [-0.3, -0.25) is 4.79 Å². The van der Waals surface area contributed by atoms with E-state index in [9.17, 15) is 4.79 Å². The van der Waals surface area contributed by atoms with Gasteiger partial charge in [-0.25, -0.2) is 0 Å². The molecule has 0 unspecified atom stereocenters. The van der Waals surface area contributed by atoms with Crippen LogP contribution in [-0.2, 0) is 11.2 Å². The molecule has 5 heteroatoms. The number of rotatable bonds is 8. The molecular formula is C23H37N3O2. The summed E-state index contributed by atoms with van der Waals surface area (Å²) in [6, 6.07) is 8.18. The van der Waals surface area contributed by atoms with Crippen LogP contribution in [0.5, 0.6) is 0 Å². The minimum Gasteiger partial charge on any atom is -0.378 e. The van der Waals surface area contributed by atoms with E-state index in [1.54, 1.807) is 0 Å². The van der Waals surface area contributed by atoms with Gasteiger partial charge in [-0.1, -0.05) is 12.1 Å². The van der Waals surface area contributed by atoms with Gasteiger partial charge in [-0.15, -0.1) is 0 Å². The first-order valence-corrected chi connectivity index (χ1v) is 11.0. The average Bonchev–Trinajstić information content (AvgIpc) is 2.71. The Morgan fingerprint density at radius 3 is 2.25 bits per heavy atom. The normalized spacial score (nSPS) is 20.4. The summed E-state index contributed by atoms with van der Waals surface area (Å²) < 4.78 is 5.93. The molecule has 5 nitrogen and oxygen atoms in total. The lowest BCUT2D eigenvalue weighted by Gasteiger charge is -2.29. The highest BCUT2D eigenvalue weighted by Gasteiger charge is 2.18. The second-order valence-corrected chi connectivity index (χ2v) is 8.63. The molecular weight excluding hydrogens is 350 g/mol. The molecule has 2 saturated heterocycles. The molecule has 2 heterocycles. The van der Waals surface area contributed by atoms with Crippen molar-refractivity contribution in [2.45, 2.75) is 44.6 Å². The summed E-state index contributed by atoms with van der Waals surface area (Å²) in [7, 11) is 4.36. The van der Waals surface area contributed by atoms with Crippen molar-refractivity contribution in [3.63, 3.8) is 0 Å². The predicted molar refractivity (Wildman–Crippen MR) is 114 cm³/mol. The molecule has 1 amide bonds. The molecule has 0 aliphatic carbocycles. The summed E-state index contributed by atoms with van der Waals surface area (Å²) in [5.74, 6) is 0.797. The first-order valence-electron chi connectivity index (χ1n) is 11.0. The minimum atomic E-state index is 0.0186. The summed E-state index contributed by atoms with van der Waals surface area (Å²) in [5, 5.41) is 3.02. The van der Waals surface area contributed by atoms with Crippen LogP contribution in [0.1, 0.15) is 48.0 Å². The molecule has 2 aliphatic rings. The number of amides is 1. The summed E-state index contributed by atoms with van der Waals surface area (Å²) in [4.78, 5) is 17.1. The molecule has 0 saturated carbocycles. The van der Waals surface area contributed by atoms with Crippen LogP contribution in [0, 0.1) is 5.92 Å². The quantitative estimate of drug-likeness (QED) is 0.697. The Hall–Kier alpha value is -1.43. The molecule has 1 aromatic carbocycles. The first-order chi connectivity index (χ1) is 13.6. The van der Waals surface area contributed by atoms with Crippen LogP contribution in [0.25, 0.3) is 0 Å². The lowest BCUT2D eigenvalue weighted by atomic mass is 9.90. The van der Waals surface area contributed by atoms with Crippen molar-refractivity contribution < 1.29 is 9.53 Å². The van der Waals surface area contributed by atoms with Crippen LogP contribution in [0.15, 0.2) is 24.3 Å². The predicted octanol–water partition coefficient (Wildman–Crippen LogP) is 2.80. The summed E-state index contributed by atoms with van der Waals surface area (Å²) in [5.41, 5.74) is 2.10. The van der Waals surface area contributed by atoms with E-state index in [1.165, 1.54) is 31.5 Å². The summed E-state index contributed by atoms with van der Waals surface area (Å²) in [6.07, 6.45) is 7.18. The molecule has 0 bridgehead atoms. The SMILES string of the molecule is CN1CCC(Cc2ccc(C(=O)NCCCOC3CCN(C)CC3)cc2)CC1. The smallest absolute Gasteiger partial charge is 0.251 e. The molecule has 0 aromatic heterocycles. The molecule has 3 rings (SSSR count). The third kappa shape index (κ3) is 6.87. The van der Waals surface area contributed by atoms with E-state index in [4.69, 9.17) is 4.74 Å². The van der Waals surface area contributed by atoms with Crippen LogP contribution in [0.2, 0.25) is 0 Å². The van der Waals surface area contributed by atoms with Gasteiger partial charge in [0.2, 0.25) is 0 Å². The van der Waals surface area contributed by atoms with Crippen molar-refractivity contribution in [3.8, 4) is 0 Å². The number of carbonyl (C=O) groups is 1. The fourth-order valence-electron chi connectivity index (χ4n) is 4.17. The van der Waals surface area contributed by atoms with Gasteiger partial charge < -0.3 is 19.9 Å². The zero-order chi connectivity index (χ0) is 19.8. The molecule has 0 radical (unpaired) electrons. The average molecular weight is 388 g/mol. The summed E-state index contributed by atoms with van der Waals surface area (Å²) in [6.45, 7) is 6.04. The van der Waals surface area contributed by atoms with Gasteiger partial charge in [-0.2, -0.15) is 0 Å². The van der Waals surface area contributed by atoms with E-state index < -0.39 is 0 Å². The summed E-state index contributed by atoms with van der Waals surface area (Å²) >= 11 is 0. The van der Waals surface area contributed by atoms with Gasteiger partial charge in [0, 0.05) is 31.8 Å². The van der Waals surface area contributed by atoms with Crippen molar-refractivity contribution in [3.05, 3.63) is 35.4 Å². The first kappa shape index (κ1) is 21.3. The number of hydrogen-bond acceptors (Lipinski definition) is 4. The third-order valence-corrected chi connectivity index (χ3v) is 6.20. The van der Waals surface area contributed by atoms with Gasteiger partial charge in [0.1, 0.15) is 0 Å². The van der Waals surface area contributed by atoms with Crippen molar-refractivity contribution in [2.75, 3.05) is 53.4 Å². The van der Waals surface area contributed by atoms with Crippen molar-refractivity contribution in [2.24, 2.45) is 5.92 Å². The Morgan fingerprint density at radius 1 is 1.00 bits per heavy atom. The third-order valence-electron chi connectivity index (χ3n) is 6.20. The zero-order valence-electron chi connectivity index (χ0n) is 17.7. The number of nitrogens with zero attached hydrogens (tertiary/aromatic N) is 2. The Labute approximate surface area is 170 Å². The number of benzene rings is 1. The van der Waals surface area contributed by atoms with Gasteiger partial charge >= 0.3 is 0 Å². The number of hydrogen-bond donors (Lipinski definition) is 1. The molecule has 2 fully saturated rings. The monoisotopic (exact) mass is 387 g/mol. The maximum atomic E-state index is 12.3. The van der Waals surface area contributed by atoms with Crippen LogP contribution in [0.4, 0.5) is 0 Å². The number of carbonyl (C=O) groups excluding carboxylic acids is 1. The highest BCUT2D eigenvalue weighted by Crippen LogP contribution is 2.21. The van der Waals surface area contributed by atoms with E-state index in [2.05, 4.69) is 41.3 Å². The Kier molecular flexibility index (Phi) is 8.31. The van der Waals surface area contributed by atoms with Crippen LogP contribution >= 0.6 is 0 Å². The number of ether oxygens (including phenoxy) is 1. The van der Waals surface area contributed by atoms with Crippen LogP contribution < -0.4 is 5.32 Å². The zero-order valence-corrected chi connectivity index (χ0v) is 17.7. The lowest BCUT2D eigenvalue weighted by Crippen LogP contribution is -2.34. The van der Waals surface area contributed by atoms with Crippen molar-refractivity contribution in [1.29, 1.82) is 0 Å². The maximum Gasteiger partial charge on any atom is 0.251 e. The van der Waals surface area contributed by atoms with Gasteiger partial charge in [0.05, 0.1) is 6.10 Å². The highest BCUT2D eigenvalue weighted by atomic mass is 16.5. The van der Waals surface area contributed by atoms with E-state index in [-0.39, 0.29) is 5.91 Å². The Bertz CT molecular complexity index is 588. The maximum absolute atomic E-state index is 12.3. The second-order valence-electron chi connectivity index (χ2n) is 8.63. The van der Waals surface area contributed by atoms with E-state index in [0.717, 1.165) is 56.9 Å². The molecule has 1 N–H and O–H groups in total. The minimum absolute atomic E-state index is 0.0186. The number of nitrogens with one attached hydrogen (secondary N) is 1. The fraction of sp³-hybridized carbons (Fsp3) is 0.696.